The average molecular weight is 361 g/mol. The number of para-hydroxylation sites is 1. The van der Waals surface area contributed by atoms with Crippen LogP contribution in [0.3, 0.4) is 0 Å². The van der Waals surface area contributed by atoms with E-state index >= 15 is 0 Å². The van der Waals surface area contributed by atoms with E-state index in [1.165, 1.54) is 23.3 Å². The zero-order chi connectivity index (χ0) is 18.5. The van der Waals surface area contributed by atoms with Crippen LogP contribution in [0.2, 0.25) is 0 Å². The quantitative estimate of drug-likeness (QED) is 0.470. The van der Waals surface area contributed by atoms with Crippen molar-refractivity contribution in [1.29, 1.82) is 0 Å². The summed E-state index contributed by atoms with van der Waals surface area (Å²) in [6.45, 7) is 1.03. The van der Waals surface area contributed by atoms with Crippen LogP contribution in [0.1, 0.15) is 21.7 Å². The number of hydrogen-bond donors (Lipinski definition) is 3. The van der Waals surface area contributed by atoms with E-state index in [0.717, 1.165) is 11.9 Å². The summed E-state index contributed by atoms with van der Waals surface area (Å²) in [6.07, 6.45) is 7.47. The Hall–Kier alpha value is -3.61. The van der Waals surface area contributed by atoms with Crippen LogP contribution in [0.25, 0.3) is 10.9 Å². The first-order valence-corrected chi connectivity index (χ1v) is 8.71. The van der Waals surface area contributed by atoms with Crippen molar-refractivity contribution in [2.75, 3.05) is 11.9 Å². The Labute approximate surface area is 155 Å². The van der Waals surface area contributed by atoms with Gasteiger partial charge in [0.1, 0.15) is 5.76 Å². The second-order valence-corrected chi connectivity index (χ2v) is 6.09. The number of rotatable bonds is 7. The molecule has 1 aromatic carbocycles. The Morgan fingerprint density at radius 2 is 1.96 bits per heavy atom. The SMILES string of the molecule is O=C(NCc1ccco1)c1cnc(NCCc2c[nH]c3ccccc23)nc1. The van der Waals surface area contributed by atoms with E-state index in [4.69, 9.17) is 4.42 Å². The second kappa shape index (κ2) is 7.74. The Morgan fingerprint density at radius 1 is 1.11 bits per heavy atom. The van der Waals surface area contributed by atoms with Gasteiger partial charge >= 0.3 is 0 Å². The van der Waals surface area contributed by atoms with Crippen LogP contribution in [0.15, 0.2) is 65.7 Å². The third kappa shape index (κ3) is 3.98. The molecule has 3 aromatic heterocycles. The van der Waals surface area contributed by atoms with Gasteiger partial charge < -0.3 is 20.0 Å². The van der Waals surface area contributed by atoms with E-state index in [1.807, 2.05) is 18.3 Å². The van der Waals surface area contributed by atoms with Crippen molar-refractivity contribution in [2.45, 2.75) is 13.0 Å². The molecule has 0 radical (unpaired) electrons. The van der Waals surface area contributed by atoms with Crippen LogP contribution in [-0.2, 0) is 13.0 Å². The second-order valence-electron chi connectivity index (χ2n) is 6.09. The number of nitrogens with zero attached hydrogens (tertiary/aromatic N) is 2. The number of anilines is 1. The molecule has 7 heteroatoms. The lowest BCUT2D eigenvalue weighted by Gasteiger charge is -2.06. The number of nitrogens with one attached hydrogen (secondary N) is 3. The number of amides is 1. The van der Waals surface area contributed by atoms with Crippen molar-refractivity contribution in [2.24, 2.45) is 0 Å². The van der Waals surface area contributed by atoms with Gasteiger partial charge in [-0.15, -0.1) is 0 Å². The van der Waals surface area contributed by atoms with Crippen LogP contribution in [0, 0.1) is 0 Å². The highest BCUT2D eigenvalue weighted by molar-refractivity contribution is 5.93. The third-order valence-corrected chi connectivity index (χ3v) is 4.27. The van der Waals surface area contributed by atoms with Gasteiger partial charge in [0.15, 0.2) is 0 Å². The molecule has 0 bridgehead atoms. The molecule has 0 fully saturated rings. The first-order valence-electron chi connectivity index (χ1n) is 8.71. The molecule has 0 aliphatic rings. The van der Waals surface area contributed by atoms with Crippen LogP contribution in [0.5, 0.6) is 0 Å². The number of carbonyl (C=O) groups excluding carboxylic acids is 1. The molecule has 136 valence electrons. The number of carbonyl (C=O) groups is 1. The molecule has 0 aliphatic carbocycles. The Kier molecular flexibility index (Phi) is 4.82. The van der Waals surface area contributed by atoms with Crippen molar-refractivity contribution in [3.63, 3.8) is 0 Å². The number of H-pyrrole nitrogens is 1. The number of aromatic nitrogens is 3. The van der Waals surface area contributed by atoms with E-state index < -0.39 is 0 Å². The minimum atomic E-state index is -0.239. The minimum Gasteiger partial charge on any atom is -0.467 e. The molecular weight excluding hydrogens is 342 g/mol. The van der Waals surface area contributed by atoms with Crippen molar-refractivity contribution in [3.05, 3.63) is 78.1 Å². The molecule has 0 saturated heterocycles. The molecule has 0 atom stereocenters. The molecule has 3 heterocycles. The van der Waals surface area contributed by atoms with Crippen LogP contribution >= 0.6 is 0 Å². The third-order valence-electron chi connectivity index (χ3n) is 4.27. The van der Waals surface area contributed by atoms with E-state index in [1.54, 1.807) is 18.4 Å². The smallest absolute Gasteiger partial charge is 0.254 e. The Bertz CT molecular complexity index is 1020. The average Bonchev–Trinajstić information content (AvgIpc) is 3.37. The van der Waals surface area contributed by atoms with E-state index in [-0.39, 0.29) is 5.91 Å². The molecule has 3 N–H and O–H groups in total. The maximum atomic E-state index is 12.1. The van der Waals surface area contributed by atoms with Crippen LogP contribution in [-0.4, -0.2) is 27.4 Å². The number of benzene rings is 1. The summed E-state index contributed by atoms with van der Waals surface area (Å²) < 4.78 is 5.18. The van der Waals surface area contributed by atoms with Gasteiger partial charge in [-0.3, -0.25) is 4.79 Å². The maximum absolute atomic E-state index is 12.1. The monoisotopic (exact) mass is 361 g/mol. The first kappa shape index (κ1) is 16.8. The summed E-state index contributed by atoms with van der Waals surface area (Å²) in [6, 6.07) is 11.8. The highest BCUT2D eigenvalue weighted by atomic mass is 16.3. The molecular formula is C20H19N5O2. The Balaban J connectivity index is 1.29. The Morgan fingerprint density at radius 3 is 2.78 bits per heavy atom. The number of furan rings is 1. The predicted molar refractivity (Wildman–Crippen MR) is 102 cm³/mol. The molecule has 0 saturated carbocycles. The van der Waals surface area contributed by atoms with Crippen molar-refractivity contribution < 1.29 is 9.21 Å². The highest BCUT2D eigenvalue weighted by Gasteiger charge is 2.08. The largest absolute Gasteiger partial charge is 0.467 e. The fraction of sp³-hybridized carbons (Fsp3) is 0.150. The summed E-state index contributed by atoms with van der Waals surface area (Å²) in [5.41, 5.74) is 2.78. The van der Waals surface area contributed by atoms with Crippen LogP contribution in [0.4, 0.5) is 5.95 Å². The topological polar surface area (TPSA) is 95.8 Å². The zero-order valence-corrected chi connectivity index (χ0v) is 14.6. The summed E-state index contributed by atoms with van der Waals surface area (Å²) in [4.78, 5) is 23.8. The fourth-order valence-corrected chi connectivity index (χ4v) is 2.87. The summed E-state index contributed by atoms with van der Waals surface area (Å²) in [5.74, 6) is 0.953. The van der Waals surface area contributed by atoms with Gasteiger partial charge in [-0.25, -0.2) is 9.97 Å². The number of hydrogen-bond acceptors (Lipinski definition) is 5. The minimum absolute atomic E-state index is 0.239. The predicted octanol–water partition coefficient (Wildman–Crippen LogP) is 3.14. The molecule has 4 rings (SSSR count). The van der Waals surface area contributed by atoms with Crippen molar-refractivity contribution in [1.82, 2.24) is 20.3 Å². The molecule has 0 aliphatic heterocycles. The van der Waals surface area contributed by atoms with Gasteiger partial charge in [0, 0.05) is 36.0 Å². The first-order chi connectivity index (χ1) is 13.3. The molecule has 7 nitrogen and oxygen atoms in total. The summed E-state index contributed by atoms with van der Waals surface area (Å²) in [5, 5.41) is 7.17. The van der Waals surface area contributed by atoms with Crippen molar-refractivity contribution >= 4 is 22.8 Å². The molecule has 0 spiro atoms. The molecule has 1 amide bonds. The number of fused-ring (bicyclic) bond motifs is 1. The lowest BCUT2D eigenvalue weighted by molar-refractivity contribution is 0.0947. The molecule has 0 unspecified atom stereocenters. The lowest BCUT2D eigenvalue weighted by Crippen LogP contribution is -2.23. The van der Waals surface area contributed by atoms with E-state index in [2.05, 4.69) is 37.7 Å². The van der Waals surface area contributed by atoms with Gasteiger partial charge in [-0.1, -0.05) is 18.2 Å². The molecule has 4 aromatic rings. The zero-order valence-electron chi connectivity index (χ0n) is 14.6. The normalized spacial score (nSPS) is 10.8. The van der Waals surface area contributed by atoms with Crippen LogP contribution < -0.4 is 10.6 Å². The highest BCUT2D eigenvalue weighted by Crippen LogP contribution is 2.18. The maximum Gasteiger partial charge on any atom is 0.254 e. The van der Waals surface area contributed by atoms with Gasteiger partial charge in [0.25, 0.3) is 5.91 Å². The molecule has 27 heavy (non-hydrogen) atoms. The standard InChI is InChI=1S/C20H19N5O2/c26-19(23-13-16-4-3-9-27-16)15-11-24-20(25-12-15)21-8-7-14-10-22-18-6-2-1-5-17(14)18/h1-6,9-12,22H,7-8,13H2,(H,23,26)(H,21,24,25). The van der Waals surface area contributed by atoms with Gasteiger partial charge in [-0.05, 0) is 30.2 Å². The summed E-state index contributed by atoms with van der Waals surface area (Å²) in [7, 11) is 0. The fourth-order valence-electron chi connectivity index (χ4n) is 2.87. The van der Waals surface area contributed by atoms with Gasteiger partial charge in [0.2, 0.25) is 5.95 Å². The summed E-state index contributed by atoms with van der Waals surface area (Å²) >= 11 is 0. The van der Waals surface area contributed by atoms with Gasteiger partial charge in [0.05, 0.1) is 18.4 Å². The lowest BCUT2D eigenvalue weighted by atomic mass is 10.1. The van der Waals surface area contributed by atoms with Crippen molar-refractivity contribution in [3.8, 4) is 0 Å². The van der Waals surface area contributed by atoms with Gasteiger partial charge in [-0.2, -0.15) is 0 Å². The van der Waals surface area contributed by atoms with E-state index in [9.17, 15) is 4.79 Å². The number of aromatic amines is 1. The van der Waals surface area contributed by atoms with E-state index in [0.29, 0.717) is 30.4 Å².